The van der Waals surface area contributed by atoms with Crippen LogP contribution in [0.4, 0.5) is 4.39 Å². The Hall–Kier alpha value is -2.81. The van der Waals surface area contributed by atoms with Crippen LogP contribution in [0.1, 0.15) is 63.6 Å². The summed E-state index contributed by atoms with van der Waals surface area (Å²) in [5.74, 6) is 2.35. The molecule has 1 aliphatic carbocycles. The predicted octanol–water partition coefficient (Wildman–Crippen LogP) is 8.87. The first-order chi connectivity index (χ1) is 16.2. The van der Waals surface area contributed by atoms with E-state index in [9.17, 15) is 4.39 Å². The third-order valence-corrected chi connectivity index (χ3v) is 6.72. The first kappa shape index (κ1) is 25.8. The zero-order chi connectivity index (χ0) is 24.8. The molecule has 2 nitrogen and oxygen atoms in total. The van der Waals surface area contributed by atoms with E-state index in [-0.39, 0.29) is 12.4 Å². The average Bonchev–Trinajstić information content (AvgIpc) is 3.15. The van der Waals surface area contributed by atoms with Crippen LogP contribution in [0.5, 0.6) is 5.75 Å². The Morgan fingerprint density at radius 2 is 1.82 bits per heavy atom. The van der Waals surface area contributed by atoms with E-state index in [4.69, 9.17) is 9.47 Å². The number of hydrogen-bond acceptors (Lipinski definition) is 2. The van der Waals surface area contributed by atoms with E-state index in [1.165, 1.54) is 17.2 Å². The van der Waals surface area contributed by atoms with Crippen molar-refractivity contribution >= 4 is 0 Å². The maximum absolute atomic E-state index is 14.6. The molecular weight excluding hydrogens is 423 g/mol. The van der Waals surface area contributed by atoms with E-state index < -0.39 is 0 Å². The van der Waals surface area contributed by atoms with Gasteiger partial charge in [0.25, 0.3) is 0 Å². The average molecular weight is 463 g/mol. The summed E-state index contributed by atoms with van der Waals surface area (Å²) in [5.41, 5.74) is 7.47. The maximum Gasteiger partial charge on any atom is 0.129 e. The standard InChI is InChI=1S/C31H39FO2/c1-8-20(3)18-34-29-14-22(5)31(23(6)15-29)26-10-11-30(32)28(17-26)19-33-24(7)16-27-13-21(4)12-25(27)9-2/h9-11,14-17,20-21H,7-8,12-13,18-19H2,1-6H3/b25-9-,27-16-. The van der Waals surface area contributed by atoms with Crippen molar-refractivity contribution < 1.29 is 13.9 Å². The molecule has 0 heterocycles. The smallest absolute Gasteiger partial charge is 0.129 e. The molecule has 3 heteroatoms. The fourth-order valence-corrected chi connectivity index (χ4v) is 4.61. The molecule has 2 atom stereocenters. The highest BCUT2D eigenvalue weighted by Gasteiger charge is 2.20. The number of rotatable bonds is 9. The highest BCUT2D eigenvalue weighted by atomic mass is 19.1. The fourth-order valence-electron chi connectivity index (χ4n) is 4.61. The highest BCUT2D eigenvalue weighted by Crippen LogP contribution is 2.36. The molecule has 2 aromatic rings. The molecule has 2 aromatic carbocycles. The summed E-state index contributed by atoms with van der Waals surface area (Å²) >= 11 is 0. The second-order valence-electron chi connectivity index (χ2n) is 9.81. The van der Waals surface area contributed by atoms with Gasteiger partial charge in [0.2, 0.25) is 0 Å². The van der Waals surface area contributed by atoms with Gasteiger partial charge in [0.05, 0.1) is 6.61 Å². The number of hydrogen-bond donors (Lipinski definition) is 0. The lowest BCUT2D eigenvalue weighted by Crippen LogP contribution is -2.07. The first-order valence-electron chi connectivity index (χ1n) is 12.4. The molecule has 0 amide bonds. The Kier molecular flexibility index (Phi) is 8.77. The molecule has 1 saturated carbocycles. The van der Waals surface area contributed by atoms with Gasteiger partial charge in [-0.1, -0.05) is 45.9 Å². The second kappa shape index (κ2) is 11.6. The molecule has 0 N–H and O–H groups in total. The van der Waals surface area contributed by atoms with E-state index in [0.717, 1.165) is 47.3 Å². The summed E-state index contributed by atoms with van der Waals surface area (Å²) in [6, 6.07) is 9.39. The van der Waals surface area contributed by atoms with Crippen LogP contribution in [-0.4, -0.2) is 6.61 Å². The monoisotopic (exact) mass is 462 g/mol. The van der Waals surface area contributed by atoms with Crippen LogP contribution in [-0.2, 0) is 11.3 Å². The van der Waals surface area contributed by atoms with Crippen LogP contribution in [0.3, 0.4) is 0 Å². The van der Waals surface area contributed by atoms with Crippen LogP contribution >= 0.6 is 0 Å². The van der Waals surface area contributed by atoms with Gasteiger partial charge < -0.3 is 9.47 Å². The SMILES string of the molecule is C=C(/C=C1/CC(C)C/C1=C/C)OCc1cc(-c2c(C)cc(OCC(C)CC)cc2C)ccc1F. The van der Waals surface area contributed by atoms with Crippen LogP contribution in [0.15, 0.2) is 66.0 Å². The number of aryl methyl sites for hydroxylation is 2. The Morgan fingerprint density at radius 3 is 2.47 bits per heavy atom. The van der Waals surface area contributed by atoms with Crippen LogP contribution in [0, 0.1) is 31.5 Å². The lowest BCUT2D eigenvalue weighted by molar-refractivity contribution is 0.208. The normalized spacial score (nSPS) is 19.0. The lowest BCUT2D eigenvalue weighted by Gasteiger charge is -2.16. The van der Waals surface area contributed by atoms with Gasteiger partial charge in [-0.3, -0.25) is 0 Å². The van der Waals surface area contributed by atoms with Gasteiger partial charge in [-0.15, -0.1) is 0 Å². The fraction of sp³-hybridized carbons (Fsp3) is 0.419. The minimum atomic E-state index is -0.267. The molecule has 0 bridgehead atoms. The molecule has 2 unspecified atom stereocenters. The van der Waals surface area contributed by atoms with Crippen molar-refractivity contribution in [1.82, 2.24) is 0 Å². The van der Waals surface area contributed by atoms with Gasteiger partial charge in [-0.05, 0) is 109 Å². The van der Waals surface area contributed by atoms with Crippen LogP contribution in [0.25, 0.3) is 11.1 Å². The van der Waals surface area contributed by atoms with Gasteiger partial charge in [-0.25, -0.2) is 4.39 Å². The van der Waals surface area contributed by atoms with Gasteiger partial charge in [0, 0.05) is 5.56 Å². The lowest BCUT2D eigenvalue weighted by atomic mass is 9.94. The summed E-state index contributed by atoms with van der Waals surface area (Å²) in [5, 5.41) is 0. The number of ether oxygens (including phenoxy) is 2. The van der Waals surface area contributed by atoms with Gasteiger partial charge in [0.1, 0.15) is 23.9 Å². The minimum Gasteiger partial charge on any atom is -0.493 e. The molecule has 0 saturated heterocycles. The van der Waals surface area contributed by atoms with E-state index in [1.807, 2.05) is 18.2 Å². The van der Waals surface area contributed by atoms with Crippen molar-refractivity contribution in [1.29, 1.82) is 0 Å². The van der Waals surface area contributed by atoms with Crippen molar-refractivity contribution in [3.63, 3.8) is 0 Å². The summed E-state index contributed by atoms with van der Waals surface area (Å²) < 4.78 is 26.5. The van der Waals surface area contributed by atoms with Crippen molar-refractivity contribution in [2.24, 2.45) is 11.8 Å². The Bertz CT molecular complexity index is 1070. The molecule has 1 aliphatic rings. The third kappa shape index (κ3) is 6.40. The van der Waals surface area contributed by atoms with Crippen molar-refractivity contribution in [2.45, 2.75) is 67.4 Å². The summed E-state index contributed by atoms with van der Waals surface area (Å²) in [7, 11) is 0. The molecule has 34 heavy (non-hydrogen) atoms. The van der Waals surface area contributed by atoms with Crippen molar-refractivity contribution in [2.75, 3.05) is 6.61 Å². The molecular formula is C31H39FO2. The molecule has 0 spiro atoms. The topological polar surface area (TPSA) is 18.5 Å². The van der Waals surface area contributed by atoms with E-state index in [0.29, 0.717) is 29.8 Å². The molecule has 182 valence electrons. The van der Waals surface area contributed by atoms with E-state index >= 15 is 0 Å². The van der Waals surface area contributed by atoms with Gasteiger partial charge in [-0.2, -0.15) is 0 Å². The van der Waals surface area contributed by atoms with Gasteiger partial charge >= 0.3 is 0 Å². The van der Waals surface area contributed by atoms with Gasteiger partial charge in [0.15, 0.2) is 0 Å². The van der Waals surface area contributed by atoms with Crippen molar-refractivity contribution in [3.05, 3.63) is 88.5 Å². The van der Waals surface area contributed by atoms with Crippen LogP contribution < -0.4 is 4.74 Å². The molecule has 0 aromatic heterocycles. The molecule has 1 fully saturated rings. The molecule has 3 rings (SSSR count). The number of benzene rings is 2. The highest BCUT2D eigenvalue weighted by molar-refractivity contribution is 5.72. The Labute approximate surface area is 205 Å². The molecule has 0 radical (unpaired) electrons. The Morgan fingerprint density at radius 1 is 1.15 bits per heavy atom. The summed E-state index contributed by atoms with van der Waals surface area (Å²) in [6.45, 7) is 17.7. The number of halogens is 1. The number of allylic oxidation sites excluding steroid dienone is 4. The third-order valence-electron chi connectivity index (χ3n) is 6.72. The minimum absolute atomic E-state index is 0.150. The van der Waals surface area contributed by atoms with Crippen LogP contribution in [0.2, 0.25) is 0 Å². The zero-order valence-corrected chi connectivity index (χ0v) is 21.6. The summed E-state index contributed by atoms with van der Waals surface area (Å²) in [4.78, 5) is 0. The first-order valence-corrected chi connectivity index (χ1v) is 12.4. The van der Waals surface area contributed by atoms with Crippen molar-refractivity contribution in [3.8, 4) is 16.9 Å². The zero-order valence-electron chi connectivity index (χ0n) is 21.6. The quantitative estimate of drug-likeness (QED) is 0.346. The van der Waals surface area contributed by atoms with E-state index in [1.54, 1.807) is 0 Å². The maximum atomic E-state index is 14.6. The largest absolute Gasteiger partial charge is 0.493 e. The summed E-state index contributed by atoms with van der Waals surface area (Å²) in [6.07, 6.45) is 7.38. The predicted molar refractivity (Wildman–Crippen MR) is 140 cm³/mol. The second-order valence-corrected chi connectivity index (χ2v) is 9.81. The van der Waals surface area contributed by atoms with E-state index in [2.05, 4.69) is 66.3 Å². The Balaban J connectivity index is 1.75. The molecule has 0 aliphatic heterocycles.